The van der Waals surface area contributed by atoms with E-state index in [-0.39, 0.29) is 18.1 Å². The normalized spacial score (nSPS) is 31.8. The van der Waals surface area contributed by atoms with E-state index in [0.717, 1.165) is 35.5 Å². The topological polar surface area (TPSA) is 96.7 Å². The van der Waals surface area contributed by atoms with Crippen LogP contribution in [0.4, 0.5) is 0 Å². The molecule has 0 radical (unpaired) electrons. The molecule has 0 aliphatic carbocycles. The van der Waals surface area contributed by atoms with Crippen molar-refractivity contribution in [3.63, 3.8) is 0 Å². The van der Waals surface area contributed by atoms with Crippen molar-refractivity contribution in [1.29, 1.82) is 0 Å². The lowest BCUT2D eigenvalue weighted by Gasteiger charge is -2.28. The van der Waals surface area contributed by atoms with Gasteiger partial charge in [-0.25, -0.2) is 4.98 Å². The van der Waals surface area contributed by atoms with Gasteiger partial charge in [0.2, 0.25) is 0 Å². The number of cyclic esters (lactones) is 1. The zero-order valence-corrected chi connectivity index (χ0v) is 21.5. The van der Waals surface area contributed by atoms with Crippen molar-refractivity contribution < 1.29 is 24.5 Å². The summed E-state index contributed by atoms with van der Waals surface area (Å²) >= 11 is 1.56. The van der Waals surface area contributed by atoms with Gasteiger partial charge in [0.25, 0.3) is 0 Å². The first-order valence-corrected chi connectivity index (χ1v) is 12.7. The minimum absolute atomic E-state index is 0.0292. The number of ketones is 1. The van der Waals surface area contributed by atoms with Crippen molar-refractivity contribution >= 4 is 29.2 Å². The number of hydrogen-bond acceptors (Lipinski definition) is 7. The summed E-state index contributed by atoms with van der Waals surface area (Å²) in [6.07, 6.45) is 4.46. The van der Waals surface area contributed by atoms with E-state index in [2.05, 4.69) is 18.0 Å². The molecule has 0 saturated heterocycles. The Balaban J connectivity index is 2.27. The van der Waals surface area contributed by atoms with Gasteiger partial charge in [0.05, 0.1) is 29.3 Å². The van der Waals surface area contributed by atoms with E-state index >= 15 is 0 Å². The molecule has 0 bridgehead atoms. The second kappa shape index (κ2) is 12.6. The third-order valence-electron chi connectivity index (χ3n) is 6.65. The maximum atomic E-state index is 12.8. The smallest absolute Gasteiger partial charge is 0.309 e. The Bertz CT molecular complexity index is 874. The van der Waals surface area contributed by atoms with Gasteiger partial charge < -0.3 is 14.9 Å². The van der Waals surface area contributed by atoms with Gasteiger partial charge in [0.1, 0.15) is 11.9 Å². The number of ether oxygens (including phenoxy) is 1. The summed E-state index contributed by atoms with van der Waals surface area (Å²) in [5, 5.41) is 24.1. The van der Waals surface area contributed by atoms with E-state index in [1.807, 2.05) is 32.2 Å². The molecule has 33 heavy (non-hydrogen) atoms. The Morgan fingerprint density at radius 2 is 1.88 bits per heavy atom. The summed E-state index contributed by atoms with van der Waals surface area (Å²) in [5.41, 5.74) is 2.90. The Morgan fingerprint density at radius 3 is 2.52 bits per heavy atom. The first-order valence-electron chi connectivity index (χ1n) is 11.8. The van der Waals surface area contributed by atoms with Crippen molar-refractivity contribution in [2.75, 3.05) is 0 Å². The molecule has 0 amide bonds. The molecular formula is C26H39NO5S. The van der Waals surface area contributed by atoms with Gasteiger partial charge in [-0.15, -0.1) is 11.3 Å². The van der Waals surface area contributed by atoms with E-state index in [4.69, 9.17) is 4.74 Å². The predicted molar refractivity (Wildman–Crippen MR) is 132 cm³/mol. The minimum Gasteiger partial charge on any atom is -0.457 e. The van der Waals surface area contributed by atoms with Crippen LogP contribution in [0.25, 0.3) is 6.08 Å². The van der Waals surface area contributed by atoms with Crippen LogP contribution in [0.15, 0.2) is 22.6 Å². The van der Waals surface area contributed by atoms with Crippen LogP contribution in [0, 0.1) is 24.7 Å². The van der Waals surface area contributed by atoms with Crippen molar-refractivity contribution in [3.8, 4) is 0 Å². The largest absolute Gasteiger partial charge is 0.457 e. The highest BCUT2D eigenvalue weighted by Gasteiger charge is 2.34. The fraction of sp³-hybridized carbons (Fsp3) is 0.654. The maximum Gasteiger partial charge on any atom is 0.309 e. The number of carbonyl (C=O) groups is 2. The Hall–Kier alpha value is -1.83. The second-order valence-electron chi connectivity index (χ2n) is 9.56. The summed E-state index contributed by atoms with van der Waals surface area (Å²) in [6.45, 7) is 11.2. The number of allylic oxidation sites excluding steroid dienone is 1. The highest BCUT2D eigenvalue weighted by Crippen LogP contribution is 2.26. The summed E-state index contributed by atoms with van der Waals surface area (Å²) in [4.78, 5) is 30.0. The number of rotatable bonds is 2. The first-order chi connectivity index (χ1) is 15.5. The van der Waals surface area contributed by atoms with Crippen LogP contribution in [-0.2, 0) is 14.3 Å². The van der Waals surface area contributed by atoms with E-state index < -0.39 is 36.1 Å². The number of esters is 1. The van der Waals surface area contributed by atoms with E-state index in [1.54, 1.807) is 25.2 Å². The van der Waals surface area contributed by atoms with Gasteiger partial charge >= 0.3 is 5.97 Å². The Kier molecular flexibility index (Phi) is 10.5. The number of hydrogen-bond donors (Lipinski definition) is 2. The molecule has 0 unspecified atom stereocenters. The Labute approximate surface area is 201 Å². The van der Waals surface area contributed by atoms with Crippen molar-refractivity contribution in [1.82, 2.24) is 4.98 Å². The number of Topliss-reactive ketones (excluding diaryl/α,β-unsaturated/α-hetero) is 1. The highest BCUT2D eigenvalue weighted by atomic mass is 32.1. The molecule has 0 aromatic carbocycles. The van der Waals surface area contributed by atoms with Gasteiger partial charge in [0, 0.05) is 23.6 Å². The molecule has 0 fully saturated rings. The van der Waals surface area contributed by atoms with Crippen molar-refractivity contribution in [3.05, 3.63) is 33.3 Å². The molecule has 1 aromatic heterocycles. The lowest BCUT2D eigenvalue weighted by molar-refractivity contribution is -0.151. The standard InChI is InChI=1S/C26H39NO5S/c1-15-8-7-9-16(2)25(30)19(5)26(31)18(4)22(28)13-24(29)32-23(11-10-15)17(3)12-21-14-33-20(6)27-21/h10,12,14,16,18-19,22-23,25,28,30H,7-9,11,13H2,1-6H3/t16-,18-,19+,22-,23-,25-/m0/s1. The lowest BCUT2D eigenvalue weighted by atomic mass is 9.81. The molecule has 2 rings (SSSR count). The number of nitrogens with zero attached hydrogens (tertiary/aromatic N) is 1. The molecule has 1 aromatic rings. The van der Waals surface area contributed by atoms with Crippen LogP contribution in [0.1, 0.15) is 77.4 Å². The summed E-state index contributed by atoms with van der Waals surface area (Å²) in [7, 11) is 0. The lowest BCUT2D eigenvalue weighted by Crippen LogP contribution is -2.39. The number of aryl methyl sites for hydroxylation is 1. The van der Waals surface area contributed by atoms with Crippen LogP contribution < -0.4 is 0 Å². The van der Waals surface area contributed by atoms with Crippen molar-refractivity contribution in [2.45, 2.75) is 92.0 Å². The molecular weight excluding hydrogens is 438 g/mol. The maximum absolute atomic E-state index is 12.8. The third-order valence-corrected chi connectivity index (χ3v) is 7.44. The summed E-state index contributed by atoms with van der Waals surface area (Å²) in [5.74, 6) is -2.18. The van der Waals surface area contributed by atoms with E-state index in [9.17, 15) is 19.8 Å². The van der Waals surface area contributed by atoms with Crippen LogP contribution in [0.5, 0.6) is 0 Å². The molecule has 6 nitrogen and oxygen atoms in total. The zero-order chi connectivity index (χ0) is 24.7. The van der Waals surface area contributed by atoms with Gasteiger partial charge in [-0.2, -0.15) is 0 Å². The third kappa shape index (κ3) is 8.16. The molecule has 0 saturated carbocycles. The average molecular weight is 478 g/mol. The van der Waals surface area contributed by atoms with Gasteiger partial charge in [0.15, 0.2) is 0 Å². The molecule has 2 heterocycles. The van der Waals surface area contributed by atoms with Gasteiger partial charge in [-0.1, -0.05) is 32.4 Å². The quantitative estimate of drug-likeness (QED) is 0.466. The van der Waals surface area contributed by atoms with Crippen molar-refractivity contribution in [2.24, 2.45) is 17.8 Å². The molecule has 1 aliphatic heterocycles. The monoisotopic (exact) mass is 477 g/mol. The van der Waals surface area contributed by atoms with Gasteiger partial charge in [-0.3, -0.25) is 9.59 Å². The van der Waals surface area contributed by atoms with E-state index in [0.29, 0.717) is 6.42 Å². The minimum atomic E-state index is -1.16. The number of aromatic nitrogens is 1. The number of aliphatic hydroxyl groups is 2. The second-order valence-corrected chi connectivity index (χ2v) is 10.6. The molecule has 6 atom stereocenters. The molecule has 184 valence electrons. The molecule has 2 N–H and O–H groups in total. The number of thiazole rings is 1. The molecule has 0 spiro atoms. The average Bonchev–Trinajstić information content (AvgIpc) is 3.17. The fourth-order valence-electron chi connectivity index (χ4n) is 4.20. The van der Waals surface area contributed by atoms with Crippen LogP contribution in [0.3, 0.4) is 0 Å². The van der Waals surface area contributed by atoms with E-state index in [1.165, 1.54) is 5.57 Å². The summed E-state index contributed by atoms with van der Waals surface area (Å²) in [6, 6.07) is 0. The van der Waals surface area contributed by atoms with Crippen LogP contribution in [0.2, 0.25) is 0 Å². The van der Waals surface area contributed by atoms with Crippen LogP contribution in [-0.4, -0.2) is 45.3 Å². The SMILES string of the molecule is CC1=CC[C@@H](C(C)=Cc2csc(C)n2)OC(=O)C[C@H](O)[C@H](C)C(=O)[C@H](C)[C@@H](O)[C@@H](C)CCC1. The van der Waals surface area contributed by atoms with Crippen LogP contribution >= 0.6 is 11.3 Å². The number of aliphatic hydroxyl groups excluding tert-OH is 2. The zero-order valence-electron chi connectivity index (χ0n) is 20.7. The first kappa shape index (κ1) is 27.4. The summed E-state index contributed by atoms with van der Waals surface area (Å²) < 4.78 is 5.76. The Morgan fingerprint density at radius 1 is 1.18 bits per heavy atom. The fourth-order valence-corrected chi connectivity index (χ4v) is 4.77. The predicted octanol–water partition coefficient (Wildman–Crippen LogP) is 4.88. The number of carbonyl (C=O) groups excluding carboxylic acids is 2. The highest BCUT2D eigenvalue weighted by molar-refractivity contribution is 7.09. The molecule has 1 aliphatic rings. The van der Waals surface area contributed by atoms with Gasteiger partial charge in [-0.05, 0) is 57.6 Å². The molecule has 7 heteroatoms.